The van der Waals surface area contributed by atoms with E-state index < -0.39 is 0 Å². The Morgan fingerprint density at radius 3 is 2.68 bits per heavy atom. The van der Waals surface area contributed by atoms with Crippen molar-refractivity contribution in [3.8, 4) is 0 Å². The van der Waals surface area contributed by atoms with Crippen molar-refractivity contribution >= 4 is 5.69 Å². The van der Waals surface area contributed by atoms with E-state index in [1.54, 1.807) is 0 Å². The van der Waals surface area contributed by atoms with E-state index in [2.05, 4.69) is 69.1 Å². The number of aryl methyl sites for hydroxylation is 1. The van der Waals surface area contributed by atoms with Crippen molar-refractivity contribution in [1.29, 1.82) is 0 Å². The van der Waals surface area contributed by atoms with Gasteiger partial charge in [0.2, 0.25) is 0 Å². The highest BCUT2D eigenvalue weighted by molar-refractivity contribution is 5.57. The average Bonchev–Trinajstić information content (AvgIpc) is 2.35. The highest BCUT2D eigenvalue weighted by atomic mass is 15.2. The van der Waals surface area contributed by atoms with Gasteiger partial charge in [0, 0.05) is 29.9 Å². The van der Waals surface area contributed by atoms with Crippen LogP contribution in [0.15, 0.2) is 24.3 Å². The van der Waals surface area contributed by atoms with E-state index in [0.717, 1.165) is 6.54 Å². The molecule has 1 aromatic carbocycles. The van der Waals surface area contributed by atoms with Crippen LogP contribution in [0, 0.1) is 0 Å². The molecule has 2 heteroatoms. The molecular weight excluding hydrogens is 232 g/mol. The number of anilines is 1. The van der Waals surface area contributed by atoms with Gasteiger partial charge in [0.25, 0.3) is 0 Å². The molecule has 0 bridgehead atoms. The van der Waals surface area contributed by atoms with Crippen molar-refractivity contribution < 1.29 is 0 Å². The van der Waals surface area contributed by atoms with Crippen LogP contribution >= 0.6 is 0 Å². The van der Waals surface area contributed by atoms with Crippen LogP contribution in [0.2, 0.25) is 0 Å². The molecule has 0 aromatic heterocycles. The molecule has 1 aliphatic heterocycles. The van der Waals surface area contributed by atoms with E-state index in [1.165, 1.54) is 24.1 Å². The number of rotatable bonds is 3. The molecule has 0 aliphatic carbocycles. The van der Waals surface area contributed by atoms with Crippen molar-refractivity contribution in [3.63, 3.8) is 0 Å². The first-order valence-corrected chi connectivity index (χ1v) is 7.50. The molecular formula is C17H28N2. The van der Waals surface area contributed by atoms with Gasteiger partial charge in [-0.25, -0.2) is 0 Å². The molecule has 0 fully saturated rings. The van der Waals surface area contributed by atoms with Gasteiger partial charge in [-0.15, -0.1) is 0 Å². The SMILES string of the molecule is CC1CCc2ccccc2N1C(C)CNC(C)(C)C. The van der Waals surface area contributed by atoms with Crippen molar-refractivity contribution in [2.24, 2.45) is 0 Å². The van der Waals surface area contributed by atoms with Crippen molar-refractivity contribution in [1.82, 2.24) is 5.32 Å². The quantitative estimate of drug-likeness (QED) is 0.893. The number of nitrogens with one attached hydrogen (secondary N) is 1. The molecule has 19 heavy (non-hydrogen) atoms. The zero-order valence-corrected chi connectivity index (χ0v) is 13.0. The van der Waals surface area contributed by atoms with Crippen LogP contribution in [0.25, 0.3) is 0 Å². The van der Waals surface area contributed by atoms with Gasteiger partial charge in [-0.2, -0.15) is 0 Å². The monoisotopic (exact) mass is 260 g/mol. The smallest absolute Gasteiger partial charge is 0.0404 e. The van der Waals surface area contributed by atoms with Crippen molar-refractivity contribution in [3.05, 3.63) is 29.8 Å². The van der Waals surface area contributed by atoms with E-state index in [1.807, 2.05) is 0 Å². The van der Waals surface area contributed by atoms with Gasteiger partial charge in [0.15, 0.2) is 0 Å². The lowest BCUT2D eigenvalue weighted by Gasteiger charge is -2.42. The molecule has 0 amide bonds. The lowest BCUT2D eigenvalue weighted by molar-refractivity contribution is 0.389. The fourth-order valence-corrected chi connectivity index (χ4v) is 2.94. The lowest BCUT2D eigenvalue weighted by Crippen LogP contribution is -2.50. The third-order valence-corrected chi connectivity index (χ3v) is 3.98. The minimum atomic E-state index is 0.187. The van der Waals surface area contributed by atoms with Gasteiger partial charge >= 0.3 is 0 Å². The molecule has 1 heterocycles. The Morgan fingerprint density at radius 1 is 1.32 bits per heavy atom. The Balaban J connectivity index is 2.14. The Hall–Kier alpha value is -1.02. The maximum Gasteiger partial charge on any atom is 0.0404 e. The van der Waals surface area contributed by atoms with Crippen LogP contribution in [0.3, 0.4) is 0 Å². The Morgan fingerprint density at radius 2 is 2.00 bits per heavy atom. The molecule has 0 saturated heterocycles. The summed E-state index contributed by atoms with van der Waals surface area (Å²) in [7, 11) is 0. The van der Waals surface area contributed by atoms with E-state index in [-0.39, 0.29) is 5.54 Å². The second kappa shape index (κ2) is 5.54. The highest BCUT2D eigenvalue weighted by Gasteiger charge is 2.27. The highest BCUT2D eigenvalue weighted by Crippen LogP contribution is 2.31. The lowest BCUT2D eigenvalue weighted by atomic mass is 9.95. The summed E-state index contributed by atoms with van der Waals surface area (Å²) in [5.41, 5.74) is 3.12. The standard InChI is InChI=1S/C17H28N2/c1-13-10-11-15-8-6-7-9-16(15)19(13)14(2)12-18-17(3,4)5/h6-9,13-14,18H,10-12H2,1-5H3. The van der Waals surface area contributed by atoms with E-state index >= 15 is 0 Å². The second-order valence-electron chi connectivity index (χ2n) is 6.90. The predicted octanol–water partition coefficient (Wildman–Crippen LogP) is 3.60. The Kier molecular flexibility index (Phi) is 4.19. The molecule has 2 rings (SSSR count). The molecule has 0 saturated carbocycles. The van der Waals surface area contributed by atoms with E-state index in [0.29, 0.717) is 12.1 Å². The fourth-order valence-electron chi connectivity index (χ4n) is 2.94. The summed E-state index contributed by atoms with van der Waals surface area (Å²) in [6.07, 6.45) is 2.48. The summed E-state index contributed by atoms with van der Waals surface area (Å²) in [5, 5.41) is 3.63. The molecule has 2 atom stereocenters. The molecule has 1 N–H and O–H groups in total. The van der Waals surface area contributed by atoms with E-state index in [4.69, 9.17) is 0 Å². The Bertz CT molecular complexity index is 420. The van der Waals surface area contributed by atoms with Crippen LogP contribution in [0.1, 0.15) is 46.6 Å². The van der Waals surface area contributed by atoms with Crippen LogP contribution in [0.5, 0.6) is 0 Å². The minimum Gasteiger partial charge on any atom is -0.365 e. The first-order valence-electron chi connectivity index (χ1n) is 7.50. The summed E-state index contributed by atoms with van der Waals surface area (Å²) in [4.78, 5) is 2.59. The molecule has 1 aliphatic rings. The first kappa shape index (κ1) is 14.4. The maximum atomic E-state index is 3.63. The molecule has 0 spiro atoms. The third-order valence-electron chi connectivity index (χ3n) is 3.98. The van der Waals surface area contributed by atoms with Gasteiger partial charge in [-0.1, -0.05) is 18.2 Å². The fraction of sp³-hybridized carbons (Fsp3) is 0.647. The van der Waals surface area contributed by atoms with Crippen LogP contribution in [0.4, 0.5) is 5.69 Å². The third kappa shape index (κ3) is 3.50. The second-order valence-corrected chi connectivity index (χ2v) is 6.90. The summed E-state index contributed by atoms with van der Waals surface area (Å²) in [6, 6.07) is 10.0. The molecule has 1 aromatic rings. The zero-order chi connectivity index (χ0) is 14.0. The largest absolute Gasteiger partial charge is 0.365 e. The van der Waals surface area contributed by atoms with E-state index in [9.17, 15) is 0 Å². The topological polar surface area (TPSA) is 15.3 Å². The number of para-hydroxylation sites is 1. The summed E-state index contributed by atoms with van der Waals surface area (Å²) in [6.45, 7) is 12.4. The zero-order valence-electron chi connectivity index (χ0n) is 13.0. The van der Waals surface area contributed by atoms with Gasteiger partial charge in [0.1, 0.15) is 0 Å². The number of hydrogen-bond donors (Lipinski definition) is 1. The van der Waals surface area contributed by atoms with Gasteiger partial charge in [-0.05, 0) is 59.1 Å². The Labute approximate surface area is 118 Å². The number of nitrogens with zero attached hydrogens (tertiary/aromatic N) is 1. The van der Waals surface area contributed by atoms with Crippen molar-refractivity contribution in [2.75, 3.05) is 11.4 Å². The predicted molar refractivity (Wildman–Crippen MR) is 83.9 cm³/mol. The summed E-state index contributed by atoms with van der Waals surface area (Å²) >= 11 is 0. The normalized spacial score (nSPS) is 21.1. The average molecular weight is 260 g/mol. The minimum absolute atomic E-state index is 0.187. The van der Waals surface area contributed by atoms with Gasteiger partial charge in [0.05, 0.1) is 0 Å². The summed E-state index contributed by atoms with van der Waals surface area (Å²) < 4.78 is 0. The van der Waals surface area contributed by atoms with Gasteiger partial charge < -0.3 is 10.2 Å². The van der Waals surface area contributed by atoms with Gasteiger partial charge in [-0.3, -0.25) is 0 Å². The molecule has 2 nitrogen and oxygen atoms in total. The van der Waals surface area contributed by atoms with Crippen molar-refractivity contribution in [2.45, 2.75) is 65.1 Å². The molecule has 106 valence electrons. The van der Waals surface area contributed by atoms with Crippen LogP contribution < -0.4 is 10.2 Å². The molecule has 0 radical (unpaired) electrons. The van der Waals surface area contributed by atoms with Crippen LogP contribution in [-0.4, -0.2) is 24.2 Å². The summed E-state index contributed by atoms with van der Waals surface area (Å²) in [5.74, 6) is 0. The number of fused-ring (bicyclic) bond motifs is 1. The maximum absolute atomic E-state index is 3.63. The molecule has 2 unspecified atom stereocenters. The number of benzene rings is 1. The number of hydrogen-bond acceptors (Lipinski definition) is 2. The van der Waals surface area contributed by atoms with Crippen LogP contribution in [-0.2, 0) is 6.42 Å². The first-order chi connectivity index (χ1) is 8.88.